The average molecular weight is 416 g/mol. The molecule has 1 fully saturated rings. The lowest BCUT2D eigenvalue weighted by Crippen LogP contribution is -2.34. The average Bonchev–Trinajstić information content (AvgIpc) is 2.80. The van der Waals surface area contributed by atoms with E-state index in [9.17, 15) is 4.79 Å². The first-order valence-corrected chi connectivity index (χ1v) is 10.8. The van der Waals surface area contributed by atoms with Crippen molar-refractivity contribution in [3.63, 3.8) is 0 Å². The first kappa shape index (κ1) is 21.1. The maximum absolute atomic E-state index is 11.2. The third-order valence-corrected chi connectivity index (χ3v) is 5.74. The van der Waals surface area contributed by atoms with Gasteiger partial charge in [0, 0.05) is 42.9 Å². The fraction of sp³-hybridized carbons (Fsp3) is 0.308. The van der Waals surface area contributed by atoms with Gasteiger partial charge in [0.1, 0.15) is 5.75 Å². The molecule has 1 saturated heterocycles. The highest BCUT2D eigenvalue weighted by Gasteiger charge is 2.22. The normalized spacial score (nSPS) is 16.6. The monoisotopic (exact) mass is 415 g/mol. The maximum atomic E-state index is 11.2. The molecule has 0 aliphatic carbocycles. The van der Waals surface area contributed by atoms with Gasteiger partial charge < -0.3 is 10.1 Å². The van der Waals surface area contributed by atoms with Crippen LogP contribution in [0.15, 0.2) is 66.7 Å². The molecule has 0 spiro atoms. The Hall–Kier alpha value is -3.18. The smallest absolute Gasteiger partial charge is 0.221 e. The molecule has 2 aromatic carbocycles. The molecule has 5 nitrogen and oxygen atoms in total. The summed E-state index contributed by atoms with van der Waals surface area (Å²) in [7, 11) is 1.69. The van der Waals surface area contributed by atoms with Gasteiger partial charge in [-0.15, -0.1) is 0 Å². The number of hydrogen-bond acceptors (Lipinski definition) is 4. The molecule has 1 N–H and O–H groups in total. The lowest BCUT2D eigenvalue weighted by molar-refractivity contribution is -0.114. The van der Waals surface area contributed by atoms with E-state index in [4.69, 9.17) is 9.72 Å². The number of piperidine rings is 1. The summed E-state index contributed by atoms with van der Waals surface area (Å²) in [5.74, 6) is 1.23. The number of amides is 1. The van der Waals surface area contributed by atoms with Gasteiger partial charge in [-0.1, -0.05) is 30.3 Å². The first-order valence-electron chi connectivity index (χ1n) is 10.8. The van der Waals surface area contributed by atoms with Gasteiger partial charge in [0.2, 0.25) is 5.91 Å². The largest absolute Gasteiger partial charge is 0.497 e. The number of carbonyl (C=O) groups excluding carboxylic acids is 1. The van der Waals surface area contributed by atoms with Crippen LogP contribution < -0.4 is 10.1 Å². The summed E-state index contributed by atoms with van der Waals surface area (Å²) in [6.07, 6.45) is 2.33. The summed E-state index contributed by atoms with van der Waals surface area (Å²) < 4.78 is 5.36. The highest BCUT2D eigenvalue weighted by atomic mass is 16.5. The second-order valence-corrected chi connectivity index (χ2v) is 8.13. The summed E-state index contributed by atoms with van der Waals surface area (Å²) in [6.45, 7) is 4.53. The standard InChI is InChI=1S/C26H29N3O2/c1-19(30)27-23-13-11-20(12-14-23)17-29-15-5-7-22(18-29)26-10-4-9-25(28-26)21-6-3-8-24(16-21)31-2/h3-4,6,8-14,16,22H,5,7,15,17-18H2,1-2H3,(H,27,30). The lowest BCUT2D eigenvalue weighted by atomic mass is 9.93. The number of hydrogen-bond donors (Lipinski definition) is 1. The van der Waals surface area contributed by atoms with E-state index in [0.717, 1.165) is 54.4 Å². The molecule has 1 atom stereocenters. The molecule has 0 radical (unpaired) electrons. The van der Waals surface area contributed by atoms with E-state index < -0.39 is 0 Å². The van der Waals surface area contributed by atoms with Crippen LogP contribution in [0.5, 0.6) is 5.75 Å². The molecular weight excluding hydrogens is 386 g/mol. The number of anilines is 1. The zero-order chi connectivity index (χ0) is 21.6. The van der Waals surface area contributed by atoms with Crippen LogP contribution >= 0.6 is 0 Å². The van der Waals surface area contributed by atoms with Crippen molar-refractivity contribution in [2.45, 2.75) is 32.2 Å². The number of ether oxygens (including phenoxy) is 1. The minimum atomic E-state index is -0.0460. The molecule has 1 aromatic heterocycles. The maximum Gasteiger partial charge on any atom is 0.221 e. The van der Waals surface area contributed by atoms with Crippen LogP contribution in [0.3, 0.4) is 0 Å². The van der Waals surface area contributed by atoms with E-state index in [1.165, 1.54) is 18.9 Å². The highest BCUT2D eigenvalue weighted by Crippen LogP contribution is 2.29. The molecule has 1 unspecified atom stereocenters. The van der Waals surface area contributed by atoms with Gasteiger partial charge in [0.05, 0.1) is 12.8 Å². The SMILES string of the molecule is COc1cccc(-c2cccc(C3CCCN(Cc4ccc(NC(C)=O)cc4)C3)n2)c1. The zero-order valence-electron chi connectivity index (χ0n) is 18.2. The van der Waals surface area contributed by atoms with Gasteiger partial charge in [-0.3, -0.25) is 14.7 Å². The second kappa shape index (κ2) is 9.75. The number of pyridine rings is 1. The van der Waals surface area contributed by atoms with E-state index in [0.29, 0.717) is 5.92 Å². The Balaban J connectivity index is 1.44. The predicted molar refractivity (Wildman–Crippen MR) is 124 cm³/mol. The summed E-state index contributed by atoms with van der Waals surface area (Å²) in [5, 5.41) is 2.82. The predicted octanol–water partition coefficient (Wildman–Crippen LogP) is 5.10. The number of nitrogens with one attached hydrogen (secondary N) is 1. The zero-order valence-corrected chi connectivity index (χ0v) is 18.2. The van der Waals surface area contributed by atoms with E-state index >= 15 is 0 Å². The molecule has 0 bridgehead atoms. The van der Waals surface area contributed by atoms with Crippen LogP contribution in [0, 0.1) is 0 Å². The second-order valence-electron chi connectivity index (χ2n) is 8.13. The van der Waals surface area contributed by atoms with Crippen molar-refractivity contribution in [2.24, 2.45) is 0 Å². The van der Waals surface area contributed by atoms with Gasteiger partial charge in [0.15, 0.2) is 0 Å². The quantitative estimate of drug-likeness (QED) is 0.609. The molecule has 5 heteroatoms. The van der Waals surface area contributed by atoms with Gasteiger partial charge in [0.25, 0.3) is 0 Å². The molecule has 3 aromatic rings. The number of aromatic nitrogens is 1. The van der Waals surface area contributed by atoms with Crippen molar-refractivity contribution >= 4 is 11.6 Å². The molecule has 1 amide bonds. The first-order chi connectivity index (χ1) is 15.1. The number of nitrogens with zero attached hydrogens (tertiary/aromatic N) is 2. The van der Waals surface area contributed by atoms with Crippen LogP contribution in [0.2, 0.25) is 0 Å². The van der Waals surface area contributed by atoms with Gasteiger partial charge >= 0.3 is 0 Å². The van der Waals surface area contributed by atoms with Crippen molar-refractivity contribution in [2.75, 3.05) is 25.5 Å². The van der Waals surface area contributed by atoms with Crippen molar-refractivity contribution in [1.29, 1.82) is 0 Å². The molecule has 160 valence electrons. The van der Waals surface area contributed by atoms with E-state index in [-0.39, 0.29) is 5.91 Å². The van der Waals surface area contributed by atoms with Crippen molar-refractivity contribution in [1.82, 2.24) is 9.88 Å². The summed E-state index contributed by atoms with van der Waals surface area (Å²) >= 11 is 0. The molecule has 2 heterocycles. The van der Waals surface area contributed by atoms with Gasteiger partial charge in [-0.25, -0.2) is 0 Å². The minimum absolute atomic E-state index is 0.0460. The molecular formula is C26H29N3O2. The Labute approximate surface area is 184 Å². The molecule has 1 aliphatic heterocycles. The Morgan fingerprint density at radius 2 is 1.94 bits per heavy atom. The number of methoxy groups -OCH3 is 1. The lowest BCUT2D eigenvalue weighted by Gasteiger charge is -2.32. The van der Waals surface area contributed by atoms with Crippen molar-refractivity contribution in [3.05, 3.63) is 78.0 Å². The third kappa shape index (κ3) is 5.50. The Kier molecular flexibility index (Phi) is 6.63. The Bertz CT molecular complexity index is 1030. The van der Waals surface area contributed by atoms with Gasteiger partial charge in [-0.2, -0.15) is 0 Å². The van der Waals surface area contributed by atoms with E-state index in [1.54, 1.807) is 7.11 Å². The summed E-state index contributed by atoms with van der Waals surface area (Å²) in [5.41, 5.74) is 5.32. The van der Waals surface area contributed by atoms with Crippen LogP contribution in [0.4, 0.5) is 5.69 Å². The summed E-state index contributed by atoms with van der Waals surface area (Å²) in [4.78, 5) is 18.7. The molecule has 1 aliphatic rings. The Morgan fingerprint density at radius 3 is 2.71 bits per heavy atom. The number of benzene rings is 2. The number of likely N-dealkylation sites (tertiary alicyclic amines) is 1. The fourth-order valence-corrected chi connectivity index (χ4v) is 4.22. The fourth-order valence-electron chi connectivity index (χ4n) is 4.22. The minimum Gasteiger partial charge on any atom is -0.497 e. The topological polar surface area (TPSA) is 54.5 Å². The number of rotatable bonds is 6. The highest BCUT2D eigenvalue weighted by molar-refractivity contribution is 5.88. The van der Waals surface area contributed by atoms with E-state index in [2.05, 4.69) is 46.6 Å². The van der Waals surface area contributed by atoms with E-state index in [1.807, 2.05) is 30.3 Å². The van der Waals surface area contributed by atoms with Crippen molar-refractivity contribution < 1.29 is 9.53 Å². The van der Waals surface area contributed by atoms with Crippen LogP contribution in [-0.2, 0) is 11.3 Å². The van der Waals surface area contributed by atoms with Gasteiger partial charge in [-0.05, 0) is 61.3 Å². The molecule has 31 heavy (non-hydrogen) atoms. The molecule has 0 saturated carbocycles. The Morgan fingerprint density at radius 1 is 1.13 bits per heavy atom. The molecule has 4 rings (SSSR count). The summed E-state index contributed by atoms with van der Waals surface area (Å²) in [6, 6.07) is 22.5. The van der Waals surface area contributed by atoms with Crippen molar-refractivity contribution in [3.8, 4) is 17.0 Å². The third-order valence-electron chi connectivity index (χ3n) is 5.74. The van der Waals surface area contributed by atoms with Crippen LogP contribution in [-0.4, -0.2) is 36.0 Å². The van der Waals surface area contributed by atoms with Crippen LogP contribution in [0.1, 0.15) is 36.9 Å². The van der Waals surface area contributed by atoms with Crippen LogP contribution in [0.25, 0.3) is 11.3 Å². The number of carbonyl (C=O) groups is 1.